The molecule has 0 fully saturated rings. The number of carboxylic acids is 1. The summed E-state index contributed by atoms with van der Waals surface area (Å²) in [5, 5.41) is 9.29. The summed E-state index contributed by atoms with van der Waals surface area (Å²) >= 11 is 5.80. The third kappa shape index (κ3) is 4.62. The summed E-state index contributed by atoms with van der Waals surface area (Å²) < 4.78 is 0. The lowest BCUT2D eigenvalue weighted by atomic mass is 10.1. The predicted octanol–water partition coefficient (Wildman–Crippen LogP) is 2.37. The minimum atomic E-state index is -0.861. The number of likely N-dealkylation sites (N-methyl/N-ethyl adjacent to an activating group) is 1. The van der Waals surface area contributed by atoms with E-state index in [1.807, 2.05) is 18.2 Å². The van der Waals surface area contributed by atoms with Crippen LogP contribution in [-0.4, -0.2) is 36.1 Å². The Morgan fingerprint density at radius 1 is 1.50 bits per heavy atom. The van der Waals surface area contributed by atoms with E-state index in [-0.39, 0.29) is 6.54 Å². The van der Waals surface area contributed by atoms with Gasteiger partial charge in [-0.15, -0.1) is 6.42 Å². The fraction of sp³-hybridized carbons (Fsp3) is 0.214. The third-order valence-corrected chi connectivity index (χ3v) is 2.57. The van der Waals surface area contributed by atoms with Gasteiger partial charge in [0.05, 0.1) is 6.54 Å². The summed E-state index contributed by atoms with van der Waals surface area (Å²) in [5.41, 5.74) is 1.62. The molecule has 1 aromatic rings. The molecule has 0 aliphatic heterocycles. The van der Waals surface area contributed by atoms with E-state index in [1.54, 1.807) is 24.1 Å². The monoisotopic (exact) mass is 263 g/mol. The molecule has 0 radical (unpaired) electrons. The first kappa shape index (κ1) is 14.3. The van der Waals surface area contributed by atoms with Crippen molar-refractivity contribution in [2.45, 2.75) is 0 Å². The van der Waals surface area contributed by atoms with Gasteiger partial charge in [-0.25, -0.2) is 0 Å². The molecule has 0 aliphatic rings. The van der Waals surface area contributed by atoms with Gasteiger partial charge in [0.15, 0.2) is 0 Å². The number of rotatable bonds is 5. The Bertz CT molecular complexity index is 486. The molecule has 94 valence electrons. The second-order valence-corrected chi connectivity index (χ2v) is 4.30. The zero-order valence-corrected chi connectivity index (χ0v) is 10.8. The lowest BCUT2D eigenvalue weighted by Gasteiger charge is -2.11. The van der Waals surface area contributed by atoms with Gasteiger partial charge in [0.1, 0.15) is 0 Å². The van der Waals surface area contributed by atoms with Crippen LogP contribution in [0.1, 0.15) is 5.56 Å². The molecular formula is C14H14ClNO2. The van der Waals surface area contributed by atoms with Gasteiger partial charge in [-0.05, 0) is 24.7 Å². The summed E-state index contributed by atoms with van der Waals surface area (Å²) in [7, 11) is 1.72. The number of carbonyl (C=O) groups is 1. The standard InChI is InChI=1S/C14H14ClNO2/c1-3-11(8-9-16(2)10-14(17)18)12-4-6-13(15)7-5-12/h1,4-8H,9-10H2,2H3,(H,17,18)/b11-8-. The first-order valence-corrected chi connectivity index (χ1v) is 5.73. The highest BCUT2D eigenvalue weighted by Crippen LogP contribution is 2.16. The van der Waals surface area contributed by atoms with E-state index in [2.05, 4.69) is 5.92 Å². The third-order valence-electron chi connectivity index (χ3n) is 2.32. The van der Waals surface area contributed by atoms with Crippen molar-refractivity contribution in [3.63, 3.8) is 0 Å². The quantitative estimate of drug-likeness (QED) is 0.829. The fourth-order valence-corrected chi connectivity index (χ4v) is 1.56. The largest absolute Gasteiger partial charge is 0.480 e. The van der Waals surface area contributed by atoms with Crippen LogP contribution in [0.25, 0.3) is 5.57 Å². The van der Waals surface area contributed by atoms with Crippen molar-refractivity contribution in [2.24, 2.45) is 0 Å². The summed E-state index contributed by atoms with van der Waals surface area (Å²) in [6, 6.07) is 7.21. The van der Waals surface area contributed by atoms with Gasteiger partial charge >= 0.3 is 5.97 Å². The number of hydrogen-bond donors (Lipinski definition) is 1. The number of terminal acetylenes is 1. The number of aliphatic carboxylic acids is 1. The molecule has 4 heteroatoms. The Balaban J connectivity index is 2.75. The molecule has 0 spiro atoms. The van der Waals surface area contributed by atoms with Gasteiger partial charge in [0, 0.05) is 17.1 Å². The number of benzene rings is 1. The molecule has 0 atom stereocenters. The molecule has 0 bridgehead atoms. The van der Waals surface area contributed by atoms with Crippen molar-refractivity contribution < 1.29 is 9.90 Å². The van der Waals surface area contributed by atoms with Crippen LogP contribution in [0.2, 0.25) is 5.02 Å². The fourth-order valence-electron chi connectivity index (χ4n) is 1.43. The lowest BCUT2D eigenvalue weighted by Crippen LogP contribution is -2.25. The van der Waals surface area contributed by atoms with E-state index < -0.39 is 5.97 Å². The molecule has 0 heterocycles. The molecule has 0 aromatic heterocycles. The normalized spacial score (nSPS) is 11.3. The maximum Gasteiger partial charge on any atom is 0.317 e. The Morgan fingerprint density at radius 2 is 2.11 bits per heavy atom. The molecule has 0 amide bonds. The minimum Gasteiger partial charge on any atom is -0.480 e. The number of halogens is 1. The van der Waals surface area contributed by atoms with Crippen LogP contribution < -0.4 is 0 Å². The molecule has 1 aromatic carbocycles. The Kier molecular flexibility index (Phi) is 5.44. The van der Waals surface area contributed by atoms with Gasteiger partial charge < -0.3 is 5.11 Å². The molecule has 0 aliphatic carbocycles. The summed E-state index contributed by atoms with van der Waals surface area (Å²) in [6.07, 6.45) is 7.27. The molecule has 3 nitrogen and oxygen atoms in total. The molecule has 0 saturated carbocycles. The van der Waals surface area contributed by atoms with Crippen molar-refractivity contribution in [1.29, 1.82) is 0 Å². The highest BCUT2D eigenvalue weighted by atomic mass is 35.5. The Labute approximate surface area is 112 Å². The van der Waals surface area contributed by atoms with Gasteiger partial charge in [0.25, 0.3) is 0 Å². The topological polar surface area (TPSA) is 40.5 Å². The van der Waals surface area contributed by atoms with Gasteiger partial charge in [-0.1, -0.05) is 35.7 Å². The highest BCUT2D eigenvalue weighted by Gasteiger charge is 2.03. The number of nitrogens with zero attached hydrogens (tertiary/aromatic N) is 1. The summed E-state index contributed by atoms with van der Waals surface area (Å²) in [5.74, 6) is 1.73. The van der Waals surface area contributed by atoms with Crippen molar-refractivity contribution in [1.82, 2.24) is 4.90 Å². The van der Waals surface area contributed by atoms with Crippen LogP contribution in [0, 0.1) is 12.3 Å². The molecule has 18 heavy (non-hydrogen) atoms. The van der Waals surface area contributed by atoms with Crippen LogP contribution in [0.3, 0.4) is 0 Å². The maximum absolute atomic E-state index is 10.5. The maximum atomic E-state index is 10.5. The zero-order chi connectivity index (χ0) is 13.5. The summed E-state index contributed by atoms with van der Waals surface area (Å²) in [6.45, 7) is 0.462. The Morgan fingerprint density at radius 3 is 2.61 bits per heavy atom. The Hall–Kier alpha value is -1.76. The molecule has 0 unspecified atom stereocenters. The number of hydrogen-bond acceptors (Lipinski definition) is 2. The average Bonchev–Trinajstić information content (AvgIpc) is 2.31. The minimum absolute atomic E-state index is 0.0189. The number of allylic oxidation sites excluding steroid dienone is 1. The smallest absolute Gasteiger partial charge is 0.317 e. The van der Waals surface area contributed by atoms with E-state index in [1.165, 1.54) is 0 Å². The van der Waals surface area contributed by atoms with Crippen molar-refractivity contribution in [2.75, 3.05) is 20.1 Å². The van der Waals surface area contributed by atoms with E-state index in [0.29, 0.717) is 11.6 Å². The van der Waals surface area contributed by atoms with Gasteiger partial charge in [-0.2, -0.15) is 0 Å². The zero-order valence-electron chi connectivity index (χ0n) is 10.1. The molecule has 1 N–H and O–H groups in total. The van der Waals surface area contributed by atoms with E-state index in [4.69, 9.17) is 23.1 Å². The van der Waals surface area contributed by atoms with E-state index in [9.17, 15) is 4.79 Å². The molecule has 1 rings (SSSR count). The van der Waals surface area contributed by atoms with Crippen molar-refractivity contribution >= 4 is 23.1 Å². The summed E-state index contributed by atoms with van der Waals surface area (Å²) in [4.78, 5) is 12.2. The molecule has 0 saturated heterocycles. The average molecular weight is 264 g/mol. The SMILES string of the molecule is C#C/C(=C/CN(C)CC(=O)O)c1ccc(Cl)cc1. The van der Waals surface area contributed by atoms with Crippen LogP contribution in [0.5, 0.6) is 0 Å². The first-order valence-electron chi connectivity index (χ1n) is 5.36. The number of carboxylic acid groups (broad SMARTS) is 1. The van der Waals surface area contributed by atoms with Crippen LogP contribution in [0.4, 0.5) is 0 Å². The predicted molar refractivity (Wildman–Crippen MR) is 73.4 cm³/mol. The second kappa shape index (κ2) is 6.85. The van der Waals surface area contributed by atoms with Crippen molar-refractivity contribution in [3.05, 3.63) is 40.9 Å². The highest BCUT2D eigenvalue weighted by molar-refractivity contribution is 6.30. The van der Waals surface area contributed by atoms with E-state index >= 15 is 0 Å². The van der Waals surface area contributed by atoms with Crippen LogP contribution in [-0.2, 0) is 4.79 Å². The van der Waals surface area contributed by atoms with Gasteiger partial charge in [0.2, 0.25) is 0 Å². The van der Waals surface area contributed by atoms with Crippen LogP contribution in [0.15, 0.2) is 30.3 Å². The van der Waals surface area contributed by atoms with Gasteiger partial charge in [-0.3, -0.25) is 9.69 Å². The lowest BCUT2D eigenvalue weighted by molar-refractivity contribution is -0.137. The second-order valence-electron chi connectivity index (χ2n) is 3.86. The first-order chi connectivity index (χ1) is 8.52. The molecular weight excluding hydrogens is 250 g/mol. The van der Waals surface area contributed by atoms with Crippen LogP contribution >= 0.6 is 11.6 Å². The van der Waals surface area contributed by atoms with E-state index in [0.717, 1.165) is 11.1 Å². The van der Waals surface area contributed by atoms with Crippen molar-refractivity contribution in [3.8, 4) is 12.3 Å².